The molecule has 4 nitrogen and oxygen atoms in total. The van der Waals surface area contributed by atoms with Crippen LogP contribution in [0.1, 0.15) is 32.3 Å². The van der Waals surface area contributed by atoms with E-state index in [9.17, 15) is 9.90 Å². The van der Waals surface area contributed by atoms with Gasteiger partial charge in [0.1, 0.15) is 5.75 Å². The van der Waals surface area contributed by atoms with Crippen LogP contribution in [0.3, 0.4) is 0 Å². The van der Waals surface area contributed by atoms with Crippen molar-refractivity contribution >= 4 is 5.91 Å². The molecule has 1 aliphatic heterocycles. The Morgan fingerprint density at radius 3 is 2.75 bits per heavy atom. The molecular formula is C16H23NO3. The minimum absolute atomic E-state index is 0.0949. The van der Waals surface area contributed by atoms with E-state index in [-0.39, 0.29) is 5.91 Å². The van der Waals surface area contributed by atoms with Gasteiger partial charge in [0.25, 0.3) is 0 Å². The predicted molar refractivity (Wildman–Crippen MR) is 77.7 cm³/mol. The maximum atomic E-state index is 12.4. The van der Waals surface area contributed by atoms with Crippen LogP contribution in [0.5, 0.6) is 5.75 Å². The molecule has 1 aromatic carbocycles. The van der Waals surface area contributed by atoms with E-state index in [1.165, 1.54) is 0 Å². The van der Waals surface area contributed by atoms with E-state index in [0.29, 0.717) is 25.8 Å². The number of para-hydroxylation sites is 1. The summed E-state index contributed by atoms with van der Waals surface area (Å²) in [5, 5.41) is 9.93. The molecular weight excluding hydrogens is 254 g/mol. The third kappa shape index (κ3) is 2.80. The Balaban J connectivity index is 1.99. The van der Waals surface area contributed by atoms with Crippen LogP contribution in [0.4, 0.5) is 0 Å². The van der Waals surface area contributed by atoms with Crippen molar-refractivity contribution in [1.29, 1.82) is 0 Å². The molecule has 1 heterocycles. The maximum Gasteiger partial charge on any atom is 0.223 e. The molecule has 0 aromatic heterocycles. The van der Waals surface area contributed by atoms with Gasteiger partial charge in [-0.05, 0) is 38.3 Å². The average molecular weight is 277 g/mol. The van der Waals surface area contributed by atoms with Gasteiger partial charge in [0, 0.05) is 13.0 Å². The summed E-state index contributed by atoms with van der Waals surface area (Å²) in [6, 6.07) is 7.76. The summed E-state index contributed by atoms with van der Waals surface area (Å²) in [6.45, 7) is 4.48. The van der Waals surface area contributed by atoms with Crippen molar-refractivity contribution < 1.29 is 14.6 Å². The molecule has 110 valence electrons. The Hall–Kier alpha value is -1.55. The van der Waals surface area contributed by atoms with Crippen LogP contribution in [0.2, 0.25) is 0 Å². The highest BCUT2D eigenvalue weighted by Crippen LogP contribution is 2.30. The first-order valence-electron chi connectivity index (χ1n) is 7.07. The van der Waals surface area contributed by atoms with E-state index < -0.39 is 11.6 Å². The van der Waals surface area contributed by atoms with E-state index in [2.05, 4.69) is 0 Å². The van der Waals surface area contributed by atoms with E-state index >= 15 is 0 Å². The van der Waals surface area contributed by atoms with Crippen LogP contribution < -0.4 is 4.74 Å². The fourth-order valence-electron chi connectivity index (χ4n) is 2.80. The molecule has 0 saturated carbocycles. The summed E-state index contributed by atoms with van der Waals surface area (Å²) in [7, 11) is 1.64. The fraction of sp³-hybridized carbons (Fsp3) is 0.562. The molecule has 1 aromatic rings. The molecule has 4 heteroatoms. The van der Waals surface area contributed by atoms with Gasteiger partial charge < -0.3 is 14.7 Å². The number of likely N-dealkylation sites (tertiary alicyclic amines) is 1. The lowest BCUT2D eigenvalue weighted by molar-refractivity contribution is -0.136. The van der Waals surface area contributed by atoms with Gasteiger partial charge in [0.2, 0.25) is 5.91 Å². The summed E-state index contributed by atoms with van der Waals surface area (Å²) in [6.07, 6.45) is 1.33. The molecule has 1 atom stereocenters. The summed E-state index contributed by atoms with van der Waals surface area (Å²) in [5.74, 6) is 0.915. The second kappa shape index (κ2) is 5.83. The summed E-state index contributed by atoms with van der Waals surface area (Å²) in [5.41, 5.74) is 0.582. The number of benzene rings is 1. The molecule has 1 unspecified atom stereocenters. The zero-order valence-corrected chi connectivity index (χ0v) is 12.4. The Morgan fingerprint density at radius 1 is 1.45 bits per heavy atom. The summed E-state index contributed by atoms with van der Waals surface area (Å²) in [4.78, 5) is 14.2. The Kier molecular flexibility index (Phi) is 4.33. The van der Waals surface area contributed by atoms with Crippen LogP contribution in [-0.4, -0.2) is 41.2 Å². The van der Waals surface area contributed by atoms with Crippen molar-refractivity contribution in [2.75, 3.05) is 13.7 Å². The average Bonchev–Trinajstić information content (AvgIpc) is 2.71. The van der Waals surface area contributed by atoms with Crippen molar-refractivity contribution in [2.45, 2.75) is 44.8 Å². The van der Waals surface area contributed by atoms with E-state index in [1.54, 1.807) is 12.0 Å². The second-order valence-electron chi connectivity index (χ2n) is 5.82. The first-order valence-corrected chi connectivity index (χ1v) is 7.07. The van der Waals surface area contributed by atoms with Crippen LogP contribution in [0, 0.1) is 0 Å². The second-order valence-corrected chi connectivity index (χ2v) is 5.82. The van der Waals surface area contributed by atoms with Gasteiger partial charge in [-0.2, -0.15) is 0 Å². The largest absolute Gasteiger partial charge is 0.496 e. The third-order valence-electron chi connectivity index (χ3n) is 4.24. The van der Waals surface area contributed by atoms with Gasteiger partial charge in [-0.1, -0.05) is 18.2 Å². The number of hydrogen-bond acceptors (Lipinski definition) is 3. The van der Waals surface area contributed by atoms with Crippen molar-refractivity contribution in [3.05, 3.63) is 29.8 Å². The number of aliphatic hydroxyl groups is 1. The van der Waals surface area contributed by atoms with Gasteiger partial charge in [-0.25, -0.2) is 0 Å². The number of methoxy groups -OCH3 is 1. The maximum absolute atomic E-state index is 12.4. The van der Waals surface area contributed by atoms with E-state index in [1.807, 2.05) is 38.1 Å². The molecule has 20 heavy (non-hydrogen) atoms. The van der Waals surface area contributed by atoms with Gasteiger partial charge in [-0.3, -0.25) is 4.79 Å². The number of aryl methyl sites for hydroxylation is 1. The molecule has 1 aliphatic rings. The molecule has 1 N–H and O–H groups in total. The minimum Gasteiger partial charge on any atom is -0.496 e. The number of amides is 1. The molecule has 1 fully saturated rings. The number of hydrogen-bond donors (Lipinski definition) is 1. The van der Waals surface area contributed by atoms with Gasteiger partial charge >= 0.3 is 0 Å². The highest BCUT2D eigenvalue weighted by molar-refractivity contribution is 5.77. The van der Waals surface area contributed by atoms with Crippen LogP contribution >= 0.6 is 0 Å². The zero-order valence-electron chi connectivity index (χ0n) is 12.4. The molecule has 1 amide bonds. The standard InChI is InChI=1S/C16H23NO3/c1-16(2)14(18)10-11-17(16)15(19)9-8-12-6-4-5-7-13(12)20-3/h4-7,14,18H,8-11H2,1-3H3. The summed E-state index contributed by atoms with van der Waals surface area (Å²) < 4.78 is 5.30. The highest BCUT2D eigenvalue weighted by Gasteiger charge is 2.42. The molecule has 0 radical (unpaired) electrons. The van der Waals surface area contributed by atoms with Gasteiger partial charge in [-0.15, -0.1) is 0 Å². The minimum atomic E-state index is -0.460. The van der Waals surface area contributed by atoms with Gasteiger partial charge in [0.15, 0.2) is 0 Å². The molecule has 2 rings (SSSR count). The smallest absolute Gasteiger partial charge is 0.223 e. The summed E-state index contributed by atoms with van der Waals surface area (Å²) >= 11 is 0. The van der Waals surface area contributed by atoms with Crippen LogP contribution in [0.25, 0.3) is 0 Å². The fourth-order valence-corrected chi connectivity index (χ4v) is 2.80. The number of rotatable bonds is 4. The normalized spacial score (nSPS) is 21.0. The van der Waals surface area contributed by atoms with Crippen molar-refractivity contribution in [1.82, 2.24) is 4.90 Å². The topological polar surface area (TPSA) is 49.8 Å². The lowest BCUT2D eigenvalue weighted by Gasteiger charge is -2.34. The van der Waals surface area contributed by atoms with E-state index in [0.717, 1.165) is 11.3 Å². The Labute approximate surface area is 120 Å². The Morgan fingerprint density at radius 2 is 2.15 bits per heavy atom. The lowest BCUT2D eigenvalue weighted by Crippen LogP contribution is -2.48. The van der Waals surface area contributed by atoms with Crippen LogP contribution in [0.15, 0.2) is 24.3 Å². The number of ether oxygens (including phenoxy) is 1. The molecule has 1 saturated heterocycles. The van der Waals surface area contributed by atoms with Gasteiger partial charge in [0.05, 0.1) is 18.8 Å². The Bertz CT molecular complexity index is 484. The molecule has 0 bridgehead atoms. The molecule has 0 spiro atoms. The van der Waals surface area contributed by atoms with Crippen LogP contribution in [-0.2, 0) is 11.2 Å². The third-order valence-corrected chi connectivity index (χ3v) is 4.24. The monoisotopic (exact) mass is 277 g/mol. The number of nitrogens with zero attached hydrogens (tertiary/aromatic N) is 1. The number of aliphatic hydroxyl groups excluding tert-OH is 1. The first kappa shape index (κ1) is 14.9. The lowest BCUT2D eigenvalue weighted by atomic mass is 9.98. The number of carbonyl (C=O) groups is 1. The SMILES string of the molecule is COc1ccccc1CCC(=O)N1CCC(O)C1(C)C. The number of carbonyl (C=O) groups excluding carboxylic acids is 1. The van der Waals surface area contributed by atoms with E-state index in [4.69, 9.17) is 4.74 Å². The quantitative estimate of drug-likeness (QED) is 0.915. The highest BCUT2D eigenvalue weighted by atomic mass is 16.5. The molecule has 0 aliphatic carbocycles. The van der Waals surface area contributed by atoms with Crippen molar-refractivity contribution in [3.63, 3.8) is 0 Å². The first-order chi connectivity index (χ1) is 9.46. The zero-order chi connectivity index (χ0) is 14.8. The predicted octanol–water partition coefficient (Wildman–Crippen LogP) is 2.00. The van der Waals surface area contributed by atoms with Crippen molar-refractivity contribution in [2.24, 2.45) is 0 Å². The van der Waals surface area contributed by atoms with Crippen molar-refractivity contribution in [3.8, 4) is 5.75 Å².